The molecule has 0 aromatic rings. The number of carbonyl (C=O) groups is 1. The quantitative estimate of drug-likeness (QED) is 0.692. The first-order valence-electron chi connectivity index (χ1n) is 8.35. The maximum Gasteiger partial charge on any atom is 0.318 e. The molecule has 1 atom stereocenters. The highest BCUT2D eigenvalue weighted by atomic mass is 32.2. The molecule has 1 saturated carbocycles. The predicted molar refractivity (Wildman–Crippen MR) is 86.8 cm³/mol. The van der Waals surface area contributed by atoms with Crippen LogP contribution in [0.1, 0.15) is 32.1 Å². The van der Waals surface area contributed by atoms with Crippen LogP contribution in [0, 0.1) is 5.92 Å². The van der Waals surface area contributed by atoms with Gasteiger partial charge in [0.2, 0.25) is 10.0 Å². The van der Waals surface area contributed by atoms with Crippen molar-refractivity contribution in [2.45, 2.75) is 38.2 Å². The topological polar surface area (TPSA) is 87.2 Å². The highest BCUT2D eigenvalue weighted by Gasteiger charge is 2.28. The van der Waals surface area contributed by atoms with E-state index < -0.39 is 22.5 Å². The molecule has 8 heteroatoms. The van der Waals surface area contributed by atoms with Gasteiger partial charge in [-0.05, 0) is 18.9 Å². The van der Waals surface area contributed by atoms with Gasteiger partial charge in [0.05, 0.1) is 19.0 Å². The third kappa shape index (κ3) is 6.37. The van der Waals surface area contributed by atoms with Crippen LogP contribution in [0.2, 0.25) is 0 Å². The summed E-state index contributed by atoms with van der Waals surface area (Å²) in [5.41, 5.74) is 0. The fraction of sp³-hybridized carbons (Fsp3) is 0.933. The molecule has 0 aromatic carbocycles. The molecule has 1 aliphatic heterocycles. The second-order valence-corrected chi connectivity index (χ2v) is 8.66. The van der Waals surface area contributed by atoms with Gasteiger partial charge in [-0.25, -0.2) is 8.42 Å². The summed E-state index contributed by atoms with van der Waals surface area (Å²) in [5.74, 6) is -0.319. The molecule has 2 fully saturated rings. The lowest BCUT2D eigenvalue weighted by molar-refractivity contribution is -0.137. The monoisotopic (exact) mass is 348 g/mol. The molecule has 134 valence electrons. The molecule has 7 nitrogen and oxygen atoms in total. The molecule has 2 aliphatic rings. The van der Waals surface area contributed by atoms with Crippen molar-refractivity contribution in [1.29, 1.82) is 0 Å². The largest absolute Gasteiger partial charge is 0.480 e. The Balaban J connectivity index is 1.82. The van der Waals surface area contributed by atoms with Gasteiger partial charge in [0.15, 0.2) is 0 Å². The van der Waals surface area contributed by atoms with E-state index in [0.717, 1.165) is 29.6 Å². The zero-order chi connectivity index (χ0) is 16.9. The molecular weight excluding hydrogens is 320 g/mol. The average molecular weight is 348 g/mol. The Labute approximate surface area is 138 Å². The maximum atomic E-state index is 11.7. The van der Waals surface area contributed by atoms with Gasteiger partial charge < -0.3 is 9.84 Å². The molecule has 1 N–H and O–H groups in total. The van der Waals surface area contributed by atoms with E-state index in [1.807, 2.05) is 0 Å². The van der Waals surface area contributed by atoms with E-state index in [1.165, 1.54) is 32.1 Å². The lowest BCUT2D eigenvalue weighted by Crippen LogP contribution is -2.49. The van der Waals surface area contributed by atoms with Crippen molar-refractivity contribution >= 4 is 16.0 Å². The number of nitrogens with zero attached hydrogens (tertiary/aromatic N) is 2. The summed E-state index contributed by atoms with van der Waals surface area (Å²) in [5, 5.41) is 8.88. The number of carboxylic acids is 1. The van der Waals surface area contributed by atoms with E-state index in [2.05, 4.69) is 4.90 Å². The Hall–Kier alpha value is -0.700. The Morgan fingerprint density at radius 2 is 2.04 bits per heavy atom. The van der Waals surface area contributed by atoms with Crippen LogP contribution in [0.15, 0.2) is 0 Å². The molecule has 0 amide bonds. The highest BCUT2D eigenvalue weighted by Crippen LogP contribution is 2.27. The fourth-order valence-corrected chi connectivity index (χ4v) is 4.24. The molecule has 1 unspecified atom stereocenters. The summed E-state index contributed by atoms with van der Waals surface area (Å²) in [6, 6.07) is 0. The van der Waals surface area contributed by atoms with Crippen molar-refractivity contribution in [1.82, 2.24) is 9.21 Å². The lowest BCUT2D eigenvalue weighted by Gasteiger charge is -2.35. The van der Waals surface area contributed by atoms with Crippen molar-refractivity contribution in [2.24, 2.45) is 5.92 Å². The van der Waals surface area contributed by atoms with Crippen LogP contribution in [-0.2, 0) is 19.6 Å². The Bertz CT molecular complexity index is 490. The zero-order valence-corrected chi connectivity index (χ0v) is 14.6. The minimum atomic E-state index is -3.55. The van der Waals surface area contributed by atoms with E-state index in [9.17, 15) is 13.2 Å². The molecule has 23 heavy (non-hydrogen) atoms. The lowest BCUT2D eigenvalue weighted by atomic mass is 10.0. The molecule has 2 rings (SSSR count). The molecule has 0 spiro atoms. The number of rotatable bonds is 8. The van der Waals surface area contributed by atoms with Crippen LogP contribution in [0.25, 0.3) is 0 Å². The maximum absolute atomic E-state index is 11.7. The summed E-state index contributed by atoms with van der Waals surface area (Å²) in [7, 11) is -3.55. The van der Waals surface area contributed by atoms with Gasteiger partial charge in [0, 0.05) is 19.6 Å². The first-order valence-corrected chi connectivity index (χ1v) is 10.2. The molecule has 1 aliphatic carbocycles. The first-order chi connectivity index (χ1) is 10.8. The fourth-order valence-electron chi connectivity index (χ4n) is 3.45. The highest BCUT2D eigenvalue weighted by molar-refractivity contribution is 7.88. The molecule has 0 radical (unpaired) electrons. The van der Waals surface area contributed by atoms with E-state index in [0.29, 0.717) is 13.2 Å². The van der Waals surface area contributed by atoms with Crippen LogP contribution in [0.4, 0.5) is 0 Å². The first kappa shape index (κ1) is 18.6. The number of carboxylic acid groups (broad SMARTS) is 1. The van der Waals surface area contributed by atoms with E-state index in [-0.39, 0.29) is 12.6 Å². The van der Waals surface area contributed by atoms with Gasteiger partial charge in [0.1, 0.15) is 6.54 Å². The summed E-state index contributed by atoms with van der Waals surface area (Å²) < 4.78 is 30.1. The Morgan fingerprint density at radius 1 is 1.35 bits per heavy atom. The predicted octanol–water partition coefficient (Wildman–Crippen LogP) is 0.614. The third-order valence-electron chi connectivity index (χ3n) is 4.74. The van der Waals surface area contributed by atoms with Gasteiger partial charge in [0.25, 0.3) is 0 Å². The molecular formula is C15H28N2O5S. The molecule has 1 saturated heterocycles. The van der Waals surface area contributed by atoms with Crippen molar-refractivity contribution < 1.29 is 23.1 Å². The molecule has 0 bridgehead atoms. The van der Waals surface area contributed by atoms with E-state index in [1.54, 1.807) is 0 Å². The Morgan fingerprint density at radius 3 is 2.65 bits per heavy atom. The number of aliphatic carboxylic acids is 1. The summed E-state index contributed by atoms with van der Waals surface area (Å²) in [6.07, 6.45) is 7.31. The average Bonchev–Trinajstić information content (AvgIpc) is 2.97. The van der Waals surface area contributed by atoms with E-state index in [4.69, 9.17) is 9.84 Å². The molecule has 0 aromatic heterocycles. The van der Waals surface area contributed by atoms with Crippen LogP contribution < -0.4 is 0 Å². The van der Waals surface area contributed by atoms with Crippen LogP contribution >= 0.6 is 0 Å². The van der Waals surface area contributed by atoms with Crippen LogP contribution in [-0.4, -0.2) is 80.4 Å². The summed E-state index contributed by atoms with van der Waals surface area (Å²) in [4.78, 5) is 13.2. The number of morpholine rings is 1. The minimum Gasteiger partial charge on any atom is -0.480 e. The Kier molecular flexibility index (Phi) is 6.82. The second-order valence-electron chi connectivity index (χ2n) is 6.68. The number of hydrogen-bond acceptors (Lipinski definition) is 5. The zero-order valence-electron chi connectivity index (χ0n) is 13.8. The second kappa shape index (κ2) is 8.41. The smallest absolute Gasteiger partial charge is 0.318 e. The third-order valence-corrected chi connectivity index (χ3v) is 5.96. The van der Waals surface area contributed by atoms with Crippen LogP contribution in [0.3, 0.4) is 0 Å². The SMILES string of the molecule is CS(=O)(=O)N(CC(=O)O)CC1CN(CCC2CCCC2)CCO1. The van der Waals surface area contributed by atoms with Crippen molar-refractivity contribution in [3.63, 3.8) is 0 Å². The van der Waals surface area contributed by atoms with Gasteiger partial charge in [-0.15, -0.1) is 0 Å². The van der Waals surface area contributed by atoms with Crippen molar-refractivity contribution in [3.8, 4) is 0 Å². The minimum absolute atomic E-state index is 0.102. The van der Waals surface area contributed by atoms with E-state index >= 15 is 0 Å². The van der Waals surface area contributed by atoms with Gasteiger partial charge in [-0.2, -0.15) is 4.31 Å². The number of sulfonamides is 1. The van der Waals surface area contributed by atoms with Crippen LogP contribution in [0.5, 0.6) is 0 Å². The molecule has 1 heterocycles. The van der Waals surface area contributed by atoms with Gasteiger partial charge in [-0.1, -0.05) is 25.7 Å². The summed E-state index contributed by atoms with van der Waals surface area (Å²) in [6.45, 7) is 2.70. The normalized spacial score (nSPS) is 24.3. The van der Waals surface area contributed by atoms with Gasteiger partial charge >= 0.3 is 5.97 Å². The van der Waals surface area contributed by atoms with Crippen molar-refractivity contribution in [2.75, 3.05) is 45.6 Å². The van der Waals surface area contributed by atoms with Crippen molar-refractivity contribution in [3.05, 3.63) is 0 Å². The van der Waals surface area contributed by atoms with Gasteiger partial charge in [-0.3, -0.25) is 9.69 Å². The summed E-state index contributed by atoms with van der Waals surface area (Å²) >= 11 is 0. The number of hydrogen-bond donors (Lipinski definition) is 1. The standard InChI is InChI=1S/C15H28N2O5S/c1-23(20,21)17(12-15(18)19)11-14-10-16(8-9-22-14)7-6-13-4-2-3-5-13/h13-14H,2-12H2,1H3,(H,18,19). The number of ether oxygens (including phenoxy) is 1.